The van der Waals surface area contributed by atoms with Crippen molar-refractivity contribution in [3.8, 4) is 0 Å². The molecule has 0 aliphatic rings. The van der Waals surface area contributed by atoms with Crippen LogP contribution in [0.5, 0.6) is 0 Å². The maximum atomic E-state index is 13.0. The van der Waals surface area contributed by atoms with Gasteiger partial charge in [-0.2, -0.15) is 0 Å². The SMILES string of the molecule is CC(=O)Nc1ccc(NC(=O)c2cnc3ccc(NCc4ccc(F)cc4)nn23)cc1. The normalized spacial score (nSPS) is 10.6. The molecule has 8 nitrogen and oxygen atoms in total. The van der Waals surface area contributed by atoms with Crippen LogP contribution in [-0.2, 0) is 11.3 Å². The highest BCUT2D eigenvalue weighted by molar-refractivity contribution is 6.03. The molecule has 0 aliphatic carbocycles. The van der Waals surface area contributed by atoms with E-state index in [0.29, 0.717) is 29.4 Å². The van der Waals surface area contributed by atoms with E-state index in [2.05, 4.69) is 26.0 Å². The lowest BCUT2D eigenvalue weighted by molar-refractivity contribution is -0.114. The highest BCUT2D eigenvalue weighted by Crippen LogP contribution is 2.16. The highest BCUT2D eigenvalue weighted by Gasteiger charge is 2.14. The van der Waals surface area contributed by atoms with E-state index in [-0.39, 0.29) is 23.3 Å². The minimum Gasteiger partial charge on any atom is -0.365 e. The van der Waals surface area contributed by atoms with Crippen molar-refractivity contribution >= 4 is 34.7 Å². The smallest absolute Gasteiger partial charge is 0.276 e. The van der Waals surface area contributed by atoms with Gasteiger partial charge in [0.25, 0.3) is 5.91 Å². The summed E-state index contributed by atoms with van der Waals surface area (Å²) in [6.45, 7) is 1.88. The van der Waals surface area contributed by atoms with Crippen molar-refractivity contribution in [2.75, 3.05) is 16.0 Å². The number of imidazole rings is 1. The number of anilines is 3. The first-order chi connectivity index (χ1) is 15.0. The summed E-state index contributed by atoms with van der Waals surface area (Å²) in [6, 6.07) is 16.5. The number of nitrogens with one attached hydrogen (secondary N) is 3. The van der Waals surface area contributed by atoms with Crippen LogP contribution in [-0.4, -0.2) is 26.4 Å². The van der Waals surface area contributed by atoms with Gasteiger partial charge in [0.05, 0.1) is 6.20 Å². The Morgan fingerprint density at radius 2 is 1.61 bits per heavy atom. The molecule has 0 aliphatic heterocycles. The molecule has 156 valence electrons. The zero-order valence-corrected chi connectivity index (χ0v) is 16.6. The standard InChI is InChI=1S/C22H19FN6O2/c1-14(30)26-17-6-8-18(9-7-17)27-22(31)19-13-25-21-11-10-20(28-29(19)21)24-12-15-2-4-16(23)5-3-15/h2-11,13H,12H2,1H3,(H,24,28)(H,26,30)(H,27,31). The number of halogens is 1. The maximum Gasteiger partial charge on any atom is 0.276 e. The van der Waals surface area contributed by atoms with Crippen molar-refractivity contribution in [2.24, 2.45) is 0 Å². The molecular weight excluding hydrogens is 399 g/mol. The van der Waals surface area contributed by atoms with Gasteiger partial charge in [0.15, 0.2) is 11.3 Å². The molecule has 0 spiro atoms. The van der Waals surface area contributed by atoms with Gasteiger partial charge >= 0.3 is 0 Å². The van der Waals surface area contributed by atoms with Gasteiger partial charge in [0.2, 0.25) is 5.91 Å². The summed E-state index contributed by atoms with van der Waals surface area (Å²) in [6.07, 6.45) is 1.45. The van der Waals surface area contributed by atoms with E-state index in [4.69, 9.17) is 0 Å². The lowest BCUT2D eigenvalue weighted by atomic mass is 10.2. The van der Waals surface area contributed by atoms with Crippen LogP contribution in [0.4, 0.5) is 21.6 Å². The maximum absolute atomic E-state index is 13.0. The first-order valence-electron chi connectivity index (χ1n) is 9.50. The van der Waals surface area contributed by atoms with E-state index in [1.807, 2.05) is 0 Å². The third kappa shape index (κ3) is 4.84. The second-order valence-electron chi connectivity index (χ2n) is 6.82. The number of hydrogen-bond donors (Lipinski definition) is 3. The summed E-state index contributed by atoms with van der Waals surface area (Å²) in [5.74, 6) is -0.286. The van der Waals surface area contributed by atoms with Crippen LogP contribution in [0.2, 0.25) is 0 Å². The molecule has 4 aromatic rings. The molecule has 2 aromatic heterocycles. The van der Waals surface area contributed by atoms with Crippen LogP contribution < -0.4 is 16.0 Å². The van der Waals surface area contributed by atoms with E-state index in [1.54, 1.807) is 48.5 Å². The Labute approximate surface area is 177 Å². The second-order valence-corrected chi connectivity index (χ2v) is 6.82. The van der Waals surface area contributed by atoms with Gasteiger partial charge in [0.1, 0.15) is 11.6 Å². The summed E-state index contributed by atoms with van der Waals surface area (Å²) in [4.78, 5) is 28.1. The molecule has 2 heterocycles. The van der Waals surface area contributed by atoms with Crippen LogP contribution >= 0.6 is 0 Å². The number of fused-ring (bicyclic) bond motifs is 1. The van der Waals surface area contributed by atoms with Gasteiger partial charge in [-0.3, -0.25) is 9.59 Å². The Kier molecular flexibility index (Phi) is 5.57. The summed E-state index contributed by atoms with van der Waals surface area (Å²) in [5, 5.41) is 13.0. The molecule has 0 unspecified atom stereocenters. The van der Waals surface area contributed by atoms with Crippen LogP contribution in [0.3, 0.4) is 0 Å². The molecule has 3 N–H and O–H groups in total. The third-order valence-corrected chi connectivity index (χ3v) is 4.44. The van der Waals surface area contributed by atoms with E-state index in [0.717, 1.165) is 5.56 Å². The molecule has 31 heavy (non-hydrogen) atoms. The molecule has 2 amide bonds. The van der Waals surface area contributed by atoms with E-state index < -0.39 is 0 Å². The average molecular weight is 418 g/mol. The minimum atomic E-state index is -0.372. The average Bonchev–Trinajstić information content (AvgIpc) is 3.18. The molecule has 0 saturated carbocycles. The summed E-state index contributed by atoms with van der Waals surface area (Å²) in [7, 11) is 0. The van der Waals surface area contributed by atoms with Gasteiger partial charge in [-0.25, -0.2) is 13.9 Å². The van der Waals surface area contributed by atoms with E-state index in [1.165, 1.54) is 29.8 Å². The zero-order chi connectivity index (χ0) is 21.8. The number of hydrogen-bond acceptors (Lipinski definition) is 5. The molecule has 0 saturated heterocycles. The fraction of sp³-hybridized carbons (Fsp3) is 0.0909. The number of carbonyl (C=O) groups excluding carboxylic acids is 2. The van der Waals surface area contributed by atoms with Crippen LogP contribution in [0, 0.1) is 5.82 Å². The van der Waals surface area contributed by atoms with Crippen LogP contribution in [0.25, 0.3) is 5.65 Å². The number of amides is 2. The van der Waals surface area contributed by atoms with Crippen molar-refractivity contribution in [1.82, 2.24) is 14.6 Å². The lowest BCUT2D eigenvalue weighted by Crippen LogP contribution is -2.16. The Balaban J connectivity index is 1.48. The second kappa shape index (κ2) is 8.62. The molecule has 0 fully saturated rings. The lowest BCUT2D eigenvalue weighted by Gasteiger charge is -2.08. The Bertz CT molecular complexity index is 1240. The van der Waals surface area contributed by atoms with Gasteiger partial charge in [-0.1, -0.05) is 12.1 Å². The zero-order valence-electron chi connectivity index (χ0n) is 16.6. The monoisotopic (exact) mass is 418 g/mol. The third-order valence-electron chi connectivity index (χ3n) is 4.44. The van der Waals surface area contributed by atoms with Gasteiger partial charge in [0, 0.05) is 24.8 Å². The largest absolute Gasteiger partial charge is 0.365 e. The summed E-state index contributed by atoms with van der Waals surface area (Å²) in [5.41, 5.74) is 2.90. The predicted octanol–water partition coefficient (Wildman–Crippen LogP) is 3.69. The summed E-state index contributed by atoms with van der Waals surface area (Å²) < 4.78 is 14.5. The van der Waals surface area contributed by atoms with Crippen molar-refractivity contribution in [1.29, 1.82) is 0 Å². The molecular formula is C22H19FN6O2. The number of nitrogens with zero attached hydrogens (tertiary/aromatic N) is 3. The number of benzene rings is 2. The van der Waals surface area contributed by atoms with Crippen molar-refractivity contribution in [3.63, 3.8) is 0 Å². The number of carbonyl (C=O) groups is 2. The molecule has 0 radical (unpaired) electrons. The Morgan fingerprint density at radius 1 is 0.935 bits per heavy atom. The van der Waals surface area contributed by atoms with Crippen molar-refractivity contribution in [2.45, 2.75) is 13.5 Å². The molecule has 0 atom stereocenters. The fourth-order valence-electron chi connectivity index (χ4n) is 2.95. The van der Waals surface area contributed by atoms with Gasteiger partial charge < -0.3 is 16.0 Å². The van der Waals surface area contributed by atoms with Crippen molar-refractivity contribution in [3.05, 3.63) is 83.9 Å². The van der Waals surface area contributed by atoms with E-state index >= 15 is 0 Å². The molecule has 4 rings (SSSR count). The first-order valence-corrected chi connectivity index (χ1v) is 9.50. The minimum absolute atomic E-state index is 0.169. The number of rotatable bonds is 6. The summed E-state index contributed by atoms with van der Waals surface area (Å²) >= 11 is 0. The molecule has 0 bridgehead atoms. The number of aromatic nitrogens is 3. The van der Waals surface area contributed by atoms with Gasteiger partial charge in [-0.05, 0) is 54.1 Å². The first kappa shape index (κ1) is 20.0. The van der Waals surface area contributed by atoms with Crippen LogP contribution in [0.15, 0.2) is 66.9 Å². The molecule has 9 heteroatoms. The Hall–Kier alpha value is -4.27. The quantitative estimate of drug-likeness (QED) is 0.443. The van der Waals surface area contributed by atoms with Crippen molar-refractivity contribution < 1.29 is 14.0 Å². The molecule has 2 aromatic carbocycles. The topological polar surface area (TPSA) is 100 Å². The predicted molar refractivity (Wildman–Crippen MR) is 115 cm³/mol. The highest BCUT2D eigenvalue weighted by atomic mass is 19.1. The van der Waals surface area contributed by atoms with Gasteiger partial charge in [-0.15, -0.1) is 5.10 Å². The van der Waals surface area contributed by atoms with Crippen LogP contribution in [0.1, 0.15) is 23.0 Å². The van der Waals surface area contributed by atoms with E-state index in [9.17, 15) is 14.0 Å². The Morgan fingerprint density at radius 3 is 2.29 bits per heavy atom. The fourth-order valence-corrected chi connectivity index (χ4v) is 2.95.